The van der Waals surface area contributed by atoms with E-state index in [2.05, 4.69) is 26.4 Å². The van der Waals surface area contributed by atoms with E-state index >= 15 is 0 Å². The lowest BCUT2D eigenvalue weighted by Gasteiger charge is -2.26. The second kappa shape index (κ2) is 5.79. The first-order chi connectivity index (χ1) is 9.33. The van der Waals surface area contributed by atoms with Gasteiger partial charge in [0.15, 0.2) is 5.82 Å². The Balaban J connectivity index is 1.61. The molecule has 19 heavy (non-hydrogen) atoms. The van der Waals surface area contributed by atoms with Crippen LogP contribution in [-0.2, 0) is 0 Å². The largest absolute Gasteiger partial charge is 0.367 e. The van der Waals surface area contributed by atoms with Crippen LogP contribution in [0.4, 0.5) is 5.82 Å². The first-order valence-corrected chi connectivity index (χ1v) is 7.83. The molecular weight excluding hydrogens is 258 g/mol. The Morgan fingerprint density at radius 2 is 2.21 bits per heavy atom. The van der Waals surface area contributed by atoms with Crippen LogP contribution in [-0.4, -0.2) is 57.2 Å². The topological polar surface area (TPSA) is 45.5 Å². The molecule has 1 aliphatic rings. The van der Waals surface area contributed by atoms with Gasteiger partial charge in [0.25, 0.3) is 0 Å². The maximum atomic E-state index is 4.41. The van der Waals surface area contributed by atoms with E-state index in [0.29, 0.717) is 0 Å². The lowest BCUT2D eigenvalue weighted by atomic mass is 10.4. The molecule has 3 rings (SSSR count). The first-order valence-electron chi connectivity index (χ1n) is 6.68. The number of anilines is 1. The van der Waals surface area contributed by atoms with Crippen molar-refractivity contribution in [1.29, 1.82) is 0 Å². The molecule has 0 atom stereocenters. The van der Waals surface area contributed by atoms with Crippen LogP contribution >= 0.6 is 11.8 Å². The summed E-state index contributed by atoms with van der Waals surface area (Å²) in [4.78, 5) is 6.91. The maximum Gasteiger partial charge on any atom is 0.152 e. The van der Waals surface area contributed by atoms with Crippen LogP contribution in [0.1, 0.15) is 5.69 Å². The highest BCUT2D eigenvalue weighted by Crippen LogP contribution is 2.14. The maximum absolute atomic E-state index is 4.41. The molecular formula is C13H19N5S. The molecule has 5 nitrogen and oxygen atoms in total. The van der Waals surface area contributed by atoms with Crippen molar-refractivity contribution in [2.24, 2.45) is 0 Å². The van der Waals surface area contributed by atoms with Gasteiger partial charge in [0.05, 0.1) is 5.69 Å². The molecule has 0 amide bonds. The van der Waals surface area contributed by atoms with Gasteiger partial charge in [0.2, 0.25) is 0 Å². The fraction of sp³-hybridized carbons (Fsp3) is 0.538. The van der Waals surface area contributed by atoms with E-state index in [4.69, 9.17) is 0 Å². The Morgan fingerprint density at radius 1 is 1.37 bits per heavy atom. The van der Waals surface area contributed by atoms with Gasteiger partial charge < -0.3 is 5.32 Å². The van der Waals surface area contributed by atoms with E-state index in [1.54, 1.807) is 6.20 Å². The Labute approximate surface area is 117 Å². The number of hydrogen-bond donors (Lipinski definition) is 1. The smallest absolute Gasteiger partial charge is 0.152 e. The van der Waals surface area contributed by atoms with E-state index in [-0.39, 0.29) is 0 Å². The number of rotatable bonds is 4. The number of nitrogens with one attached hydrogen (secondary N) is 1. The van der Waals surface area contributed by atoms with Crippen molar-refractivity contribution < 1.29 is 0 Å². The zero-order chi connectivity index (χ0) is 13.1. The molecule has 1 fully saturated rings. The lowest BCUT2D eigenvalue weighted by Crippen LogP contribution is -2.36. The summed E-state index contributed by atoms with van der Waals surface area (Å²) in [6.07, 6.45) is 3.68. The van der Waals surface area contributed by atoms with Crippen LogP contribution in [0.3, 0.4) is 0 Å². The van der Waals surface area contributed by atoms with Gasteiger partial charge in [-0.2, -0.15) is 16.9 Å². The van der Waals surface area contributed by atoms with Gasteiger partial charge in [-0.3, -0.25) is 4.90 Å². The van der Waals surface area contributed by atoms with E-state index in [0.717, 1.165) is 30.1 Å². The summed E-state index contributed by atoms with van der Waals surface area (Å²) in [5, 5.41) is 7.82. The summed E-state index contributed by atoms with van der Waals surface area (Å²) in [7, 11) is 0. The summed E-state index contributed by atoms with van der Waals surface area (Å²) >= 11 is 2.05. The normalized spacial score (nSPS) is 16.9. The highest BCUT2D eigenvalue weighted by atomic mass is 32.2. The van der Waals surface area contributed by atoms with E-state index in [1.807, 2.05) is 29.4 Å². The summed E-state index contributed by atoms with van der Waals surface area (Å²) < 4.78 is 1.88. The summed E-state index contributed by atoms with van der Waals surface area (Å²) in [5.41, 5.74) is 2.07. The third-order valence-electron chi connectivity index (χ3n) is 3.34. The van der Waals surface area contributed by atoms with Crippen molar-refractivity contribution in [1.82, 2.24) is 19.5 Å². The Hall–Kier alpha value is -1.27. The van der Waals surface area contributed by atoms with Crippen LogP contribution in [0.2, 0.25) is 0 Å². The minimum absolute atomic E-state index is 0.925. The van der Waals surface area contributed by atoms with Crippen molar-refractivity contribution in [2.45, 2.75) is 6.92 Å². The number of fused-ring (bicyclic) bond motifs is 1. The molecule has 102 valence electrons. The number of aryl methyl sites for hydroxylation is 1. The standard InChI is InChI=1S/C13H19N5S/c1-11-10-12-13(15-3-5-18(12)16-11)14-2-4-17-6-8-19-9-7-17/h3,5,10H,2,4,6-9H2,1H3,(H,14,15). The quantitative estimate of drug-likeness (QED) is 0.917. The Morgan fingerprint density at radius 3 is 3.05 bits per heavy atom. The first kappa shape index (κ1) is 12.7. The number of thioether (sulfide) groups is 1. The number of aromatic nitrogens is 3. The Bertz CT molecular complexity index is 547. The number of nitrogens with zero attached hydrogens (tertiary/aromatic N) is 4. The molecule has 1 saturated heterocycles. The molecule has 0 aliphatic carbocycles. The van der Waals surface area contributed by atoms with Gasteiger partial charge in [-0.05, 0) is 13.0 Å². The molecule has 1 N–H and O–H groups in total. The van der Waals surface area contributed by atoms with Gasteiger partial charge in [0.1, 0.15) is 5.52 Å². The van der Waals surface area contributed by atoms with Gasteiger partial charge in [-0.1, -0.05) is 0 Å². The summed E-state index contributed by atoms with van der Waals surface area (Å²) in [6.45, 7) is 6.42. The van der Waals surface area contributed by atoms with Gasteiger partial charge in [0, 0.05) is 50.1 Å². The van der Waals surface area contributed by atoms with Crippen molar-refractivity contribution in [3.63, 3.8) is 0 Å². The average Bonchev–Trinajstić information content (AvgIpc) is 2.81. The molecule has 0 spiro atoms. The fourth-order valence-electron chi connectivity index (χ4n) is 2.34. The van der Waals surface area contributed by atoms with Crippen molar-refractivity contribution in [2.75, 3.05) is 43.0 Å². The van der Waals surface area contributed by atoms with Gasteiger partial charge in [-0.25, -0.2) is 9.50 Å². The van der Waals surface area contributed by atoms with Crippen molar-refractivity contribution in [3.8, 4) is 0 Å². The molecule has 0 radical (unpaired) electrons. The second-order valence-electron chi connectivity index (χ2n) is 4.77. The summed E-state index contributed by atoms with van der Waals surface area (Å²) in [5.74, 6) is 3.44. The fourth-order valence-corrected chi connectivity index (χ4v) is 3.32. The number of hydrogen-bond acceptors (Lipinski definition) is 5. The van der Waals surface area contributed by atoms with Crippen LogP contribution < -0.4 is 5.32 Å². The highest BCUT2D eigenvalue weighted by Gasteiger charge is 2.10. The van der Waals surface area contributed by atoms with Crippen LogP contribution in [0, 0.1) is 6.92 Å². The third-order valence-corrected chi connectivity index (χ3v) is 4.28. The van der Waals surface area contributed by atoms with Crippen LogP contribution in [0.5, 0.6) is 0 Å². The van der Waals surface area contributed by atoms with Crippen molar-refractivity contribution in [3.05, 3.63) is 24.2 Å². The monoisotopic (exact) mass is 277 g/mol. The minimum Gasteiger partial charge on any atom is -0.367 e. The van der Waals surface area contributed by atoms with E-state index in [9.17, 15) is 0 Å². The predicted molar refractivity (Wildman–Crippen MR) is 80.0 cm³/mol. The second-order valence-corrected chi connectivity index (χ2v) is 6.00. The molecule has 3 heterocycles. The molecule has 6 heteroatoms. The van der Waals surface area contributed by atoms with Crippen LogP contribution in [0.15, 0.2) is 18.5 Å². The average molecular weight is 277 g/mol. The van der Waals surface area contributed by atoms with Gasteiger partial charge in [-0.15, -0.1) is 0 Å². The summed E-state index contributed by atoms with van der Waals surface area (Å²) in [6, 6.07) is 2.06. The predicted octanol–water partition coefficient (Wildman–Crippen LogP) is 1.50. The minimum atomic E-state index is 0.925. The molecule has 2 aromatic rings. The molecule has 0 bridgehead atoms. The van der Waals surface area contributed by atoms with Crippen molar-refractivity contribution >= 4 is 23.1 Å². The highest BCUT2D eigenvalue weighted by molar-refractivity contribution is 7.99. The zero-order valence-corrected chi connectivity index (χ0v) is 12.0. The van der Waals surface area contributed by atoms with Crippen LogP contribution in [0.25, 0.3) is 5.52 Å². The molecule has 0 aromatic carbocycles. The van der Waals surface area contributed by atoms with E-state index < -0.39 is 0 Å². The zero-order valence-electron chi connectivity index (χ0n) is 11.2. The molecule has 0 saturated carbocycles. The lowest BCUT2D eigenvalue weighted by molar-refractivity contribution is 0.314. The Kier molecular flexibility index (Phi) is 3.89. The molecule has 1 aliphatic heterocycles. The SMILES string of the molecule is Cc1cc2c(NCCN3CCSCC3)nccn2n1. The van der Waals surface area contributed by atoms with Gasteiger partial charge >= 0.3 is 0 Å². The third kappa shape index (κ3) is 3.01. The molecule has 2 aromatic heterocycles. The molecule has 0 unspecified atom stereocenters. The van der Waals surface area contributed by atoms with E-state index in [1.165, 1.54) is 24.6 Å².